The van der Waals surface area contributed by atoms with Crippen LogP contribution < -0.4 is 0 Å². The molecular weight excluding hydrogens is 681 g/mol. The molecule has 0 aliphatic heterocycles. The van der Waals surface area contributed by atoms with Crippen molar-refractivity contribution < 1.29 is 0 Å². The van der Waals surface area contributed by atoms with E-state index in [-0.39, 0.29) is 0 Å². The summed E-state index contributed by atoms with van der Waals surface area (Å²) in [5, 5.41) is 4.83. The Labute approximate surface area is 323 Å². The Balaban J connectivity index is 1.01. The van der Waals surface area contributed by atoms with E-state index >= 15 is 0 Å². The number of nitrogens with one attached hydrogen (secondary N) is 1. The first kappa shape index (κ1) is 31.0. The monoisotopic (exact) mass is 714 g/mol. The fraction of sp³-hybridized carbons (Fsp3) is 0.0192. The van der Waals surface area contributed by atoms with Crippen LogP contribution in [0.5, 0.6) is 0 Å². The normalized spacial score (nSPS) is 13.1. The maximum atomic E-state index is 4.39. The van der Waals surface area contributed by atoms with Crippen LogP contribution >= 0.6 is 0 Å². The van der Waals surface area contributed by atoms with Crippen molar-refractivity contribution in [3.8, 4) is 33.6 Å². The molecule has 0 saturated heterocycles. The molecule has 4 aromatic heterocycles. The summed E-state index contributed by atoms with van der Waals surface area (Å²) in [5.74, 6) is 0. The number of hydrogen-bond donors (Lipinski definition) is 1. The lowest BCUT2D eigenvalue weighted by molar-refractivity contribution is 0.769. The fourth-order valence-electron chi connectivity index (χ4n) is 9.73. The molecule has 12 rings (SSSR count). The van der Waals surface area contributed by atoms with Crippen LogP contribution in [0.4, 0.5) is 0 Å². The maximum absolute atomic E-state index is 4.39. The molecule has 4 heteroatoms. The van der Waals surface area contributed by atoms with Crippen molar-refractivity contribution in [2.45, 2.75) is 5.41 Å². The van der Waals surface area contributed by atoms with E-state index in [2.05, 4.69) is 201 Å². The summed E-state index contributed by atoms with van der Waals surface area (Å²) in [6, 6.07) is 67.0. The minimum Gasteiger partial charge on any atom is -0.347 e. The Kier molecular flexibility index (Phi) is 6.52. The van der Waals surface area contributed by atoms with Gasteiger partial charge in [-0.1, -0.05) is 127 Å². The summed E-state index contributed by atoms with van der Waals surface area (Å²) in [4.78, 5) is 7.82. The highest BCUT2D eigenvalue weighted by atomic mass is 15.0. The molecule has 262 valence electrons. The minimum atomic E-state index is -0.442. The molecular formula is C52H34N4. The molecule has 11 aromatic rings. The molecule has 0 amide bonds. The number of nitrogens with zero attached hydrogens (tertiary/aromatic N) is 3. The third-order valence-corrected chi connectivity index (χ3v) is 12.1. The van der Waals surface area contributed by atoms with Gasteiger partial charge in [0.25, 0.3) is 0 Å². The van der Waals surface area contributed by atoms with E-state index in [1.807, 2.05) is 18.6 Å². The van der Waals surface area contributed by atoms with Crippen molar-refractivity contribution in [1.82, 2.24) is 19.1 Å². The second-order valence-corrected chi connectivity index (χ2v) is 14.9. The number of rotatable bonds is 5. The van der Waals surface area contributed by atoms with Gasteiger partial charge in [-0.25, -0.2) is 0 Å². The van der Waals surface area contributed by atoms with E-state index in [9.17, 15) is 0 Å². The summed E-state index contributed by atoms with van der Waals surface area (Å²) >= 11 is 0. The standard InChI is InChI=1S/C52H34N4/c1-3-11-36(12-4-1)52(37-13-5-2-6-14-37)46-17-9-7-15-40(46)43-32-50-44(31-47(43)52)41-16-8-10-18-48(41)55(50)38-23-19-34(20-24-38)35-21-25-39(26-22-35)56-49-28-29-53-33-45(49)42-27-30-54-51(42)56/h1-33,54H. The lowest BCUT2D eigenvalue weighted by Gasteiger charge is -2.33. The predicted molar refractivity (Wildman–Crippen MR) is 230 cm³/mol. The summed E-state index contributed by atoms with van der Waals surface area (Å²) in [5.41, 5.74) is 16.6. The SMILES string of the molecule is c1ccc(C2(c3ccccc3)c3ccccc3-c3cc4c(cc32)c2ccccc2n4-c2ccc(-c3ccc(-n4c5ccncc5c5cc[nH]c54)cc3)cc2)cc1. The number of benzene rings is 7. The van der Waals surface area contributed by atoms with E-state index in [0.717, 1.165) is 27.9 Å². The molecule has 56 heavy (non-hydrogen) atoms. The average molecular weight is 715 g/mol. The van der Waals surface area contributed by atoms with Gasteiger partial charge in [-0.05, 0) is 99.1 Å². The quantitative estimate of drug-likeness (QED) is 0.189. The zero-order valence-electron chi connectivity index (χ0n) is 30.4. The smallest absolute Gasteiger partial charge is 0.123 e. The number of para-hydroxylation sites is 1. The zero-order valence-corrected chi connectivity index (χ0v) is 30.4. The second-order valence-electron chi connectivity index (χ2n) is 14.9. The Morgan fingerprint density at radius 3 is 1.79 bits per heavy atom. The minimum absolute atomic E-state index is 0.442. The molecule has 0 fully saturated rings. The van der Waals surface area contributed by atoms with Crippen molar-refractivity contribution in [2.75, 3.05) is 0 Å². The van der Waals surface area contributed by atoms with E-state index in [4.69, 9.17) is 0 Å². The van der Waals surface area contributed by atoms with Gasteiger partial charge in [0.1, 0.15) is 5.65 Å². The third kappa shape index (κ3) is 4.21. The van der Waals surface area contributed by atoms with E-state index in [1.54, 1.807) is 0 Å². The van der Waals surface area contributed by atoms with Crippen LogP contribution in [-0.4, -0.2) is 19.1 Å². The molecule has 0 unspecified atom stereocenters. The van der Waals surface area contributed by atoms with Crippen LogP contribution in [-0.2, 0) is 5.41 Å². The van der Waals surface area contributed by atoms with Crippen molar-refractivity contribution in [3.05, 3.63) is 223 Å². The fourth-order valence-corrected chi connectivity index (χ4v) is 9.73. The topological polar surface area (TPSA) is 38.5 Å². The Hall–Kier alpha value is -7.43. The maximum Gasteiger partial charge on any atom is 0.123 e. The van der Waals surface area contributed by atoms with Crippen molar-refractivity contribution in [1.29, 1.82) is 0 Å². The van der Waals surface area contributed by atoms with Gasteiger partial charge in [-0.15, -0.1) is 0 Å². The number of aromatic nitrogens is 4. The molecule has 0 atom stereocenters. The van der Waals surface area contributed by atoms with Crippen LogP contribution in [0.3, 0.4) is 0 Å². The lowest BCUT2D eigenvalue weighted by Crippen LogP contribution is -2.28. The first-order chi connectivity index (χ1) is 27.8. The summed E-state index contributed by atoms with van der Waals surface area (Å²) < 4.78 is 4.72. The number of hydrogen-bond acceptors (Lipinski definition) is 1. The second kappa shape index (κ2) is 11.8. The Morgan fingerprint density at radius 2 is 1.05 bits per heavy atom. The van der Waals surface area contributed by atoms with Gasteiger partial charge in [0, 0.05) is 51.5 Å². The van der Waals surface area contributed by atoms with Crippen molar-refractivity contribution in [3.63, 3.8) is 0 Å². The number of fused-ring (bicyclic) bond motifs is 9. The van der Waals surface area contributed by atoms with Gasteiger partial charge in [0.15, 0.2) is 0 Å². The van der Waals surface area contributed by atoms with Gasteiger partial charge < -0.3 is 9.55 Å². The highest BCUT2D eigenvalue weighted by Crippen LogP contribution is 2.57. The van der Waals surface area contributed by atoms with Crippen LogP contribution in [0.1, 0.15) is 22.3 Å². The molecule has 0 spiro atoms. The first-order valence-electron chi connectivity index (χ1n) is 19.2. The summed E-state index contributed by atoms with van der Waals surface area (Å²) in [6.45, 7) is 0. The zero-order chi connectivity index (χ0) is 36.8. The molecule has 0 radical (unpaired) electrons. The molecule has 0 bridgehead atoms. The Morgan fingerprint density at radius 1 is 0.429 bits per heavy atom. The van der Waals surface area contributed by atoms with Crippen molar-refractivity contribution >= 4 is 43.7 Å². The van der Waals surface area contributed by atoms with Crippen LogP contribution in [0.15, 0.2) is 201 Å². The lowest BCUT2D eigenvalue weighted by atomic mass is 9.67. The number of H-pyrrole nitrogens is 1. The predicted octanol–water partition coefficient (Wildman–Crippen LogP) is 12.6. The molecule has 0 saturated carbocycles. The van der Waals surface area contributed by atoms with Crippen LogP contribution in [0.2, 0.25) is 0 Å². The number of aromatic amines is 1. The summed E-state index contributed by atoms with van der Waals surface area (Å²) in [6.07, 6.45) is 5.80. The number of pyridine rings is 1. The van der Waals surface area contributed by atoms with Crippen molar-refractivity contribution in [2.24, 2.45) is 0 Å². The molecule has 1 aliphatic carbocycles. The van der Waals surface area contributed by atoms with E-state index in [0.29, 0.717) is 0 Å². The third-order valence-electron chi connectivity index (χ3n) is 12.1. The van der Waals surface area contributed by atoms with E-state index < -0.39 is 5.41 Å². The molecule has 4 heterocycles. The largest absolute Gasteiger partial charge is 0.347 e. The van der Waals surface area contributed by atoms with Crippen LogP contribution in [0.25, 0.3) is 77.4 Å². The highest BCUT2D eigenvalue weighted by molar-refractivity contribution is 6.12. The summed E-state index contributed by atoms with van der Waals surface area (Å²) in [7, 11) is 0. The van der Waals surface area contributed by atoms with Crippen LogP contribution in [0, 0.1) is 0 Å². The Bertz CT molecular complexity index is 3240. The highest BCUT2D eigenvalue weighted by Gasteiger charge is 2.46. The van der Waals surface area contributed by atoms with Gasteiger partial charge in [0.05, 0.1) is 22.0 Å². The molecule has 1 N–H and O–H groups in total. The average Bonchev–Trinajstić information content (AvgIpc) is 4.02. The first-order valence-corrected chi connectivity index (χ1v) is 19.2. The van der Waals surface area contributed by atoms with E-state index in [1.165, 1.54) is 71.7 Å². The van der Waals surface area contributed by atoms with Gasteiger partial charge >= 0.3 is 0 Å². The van der Waals surface area contributed by atoms with Gasteiger partial charge in [0.2, 0.25) is 0 Å². The molecule has 1 aliphatic rings. The molecule has 7 aromatic carbocycles. The van der Waals surface area contributed by atoms with Gasteiger partial charge in [-0.2, -0.15) is 0 Å². The van der Waals surface area contributed by atoms with Gasteiger partial charge in [-0.3, -0.25) is 9.55 Å². The molecule has 4 nitrogen and oxygen atoms in total.